The van der Waals surface area contributed by atoms with Gasteiger partial charge in [0.25, 0.3) is 0 Å². The molecule has 2 rings (SSSR count). The molecule has 2 aromatic rings. The van der Waals surface area contributed by atoms with Gasteiger partial charge in [-0.2, -0.15) is 0 Å². The number of benzene rings is 2. The highest BCUT2D eigenvalue weighted by Crippen LogP contribution is 2.30. The van der Waals surface area contributed by atoms with Gasteiger partial charge in [0.1, 0.15) is 18.2 Å². The Morgan fingerprint density at radius 1 is 1.21 bits per heavy atom. The predicted molar refractivity (Wildman–Crippen MR) is 110 cm³/mol. The van der Waals surface area contributed by atoms with E-state index < -0.39 is 12.0 Å². The highest BCUT2D eigenvalue weighted by atomic mass is 35.5. The Morgan fingerprint density at radius 2 is 1.83 bits per heavy atom. The molecule has 1 unspecified atom stereocenters. The highest BCUT2D eigenvalue weighted by molar-refractivity contribution is 5.97. The Bertz CT molecular complexity index is 871. The van der Waals surface area contributed by atoms with Crippen LogP contribution in [0.15, 0.2) is 42.5 Å². The largest absolute Gasteiger partial charge is 0.548 e. The molecule has 156 valence electrons. The van der Waals surface area contributed by atoms with Gasteiger partial charge in [-0.05, 0) is 42.5 Å². The number of aliphatic hydroxyl groups excluding tert-OH is 1. The highest BCUT2D eigenvalue weighted by Gasteiger charge is 2.20. The van der Waals surface area contributed by atoms with Crippen LogP contribution in [0.5, 0.6) is 5.75 Å². The van der Waals surface area contributed by atoms with Crippen LogP contribution in [0.3, 0.4) is 0 Å². The molecule has 2 aromatic carbocycles. The van der Waals surface area contributed by atoms with E-state index in [0.29, 0.717) is 16.8 Å². The monoisotopic (exact) mass is 420 g/mol. The fraction of sp³-hybridized carbons (Fsp3) is 0.250. The Kier molecular flexibility index (Phi) is 9.11. The van der Waals surface area contributed by atoms with Crippen molar-refractivity contribution in [2.75, 3.05) is 18.5 Å². The number of Topliss-reactive ketones (excluding diaryl/α,β-unsaturated/α-hetero) is 1. The molecule has 0 bridgehead atoms. The number of ketones is 1. The van der Waals surface area contributed by atoms with Gasteiger partial charge in [0.2, 0.25) is 0 Å². The number of carbonyl (C=O) groups excluding carboxylic acids is 2. The lowest BCUT2D eigenvalue weighted by Crippen LogP contribution is -2.34. The molecule has 9 heteroatoms. The number of hydrogen-bond donors (Lipinski definition) is 4. The first kappa shape index (κ1) is 23.9. The van der Waals surface area contributed by atoms with Crippen LogP contribution >= 0.6 is 12.4 Å². The van der Waals surface area contributed by atoms with Crippen molar-refractivity contribution in [2.45, 2.75) is 19.4 Å². The summed E-state index contributed by atoms with van der Waals surface area (Å²) in [6.45, 7) is 1.44. The van der Waals surface area contributed by atoms with Gasteiger partial charge in [-0.1, -0.05) is 6.92 Å². The third kappa shape index (κ3) is 6.20. The quantitative estimate of drug-likeness (QED) is 0.257. The molecule has 0 saturated carbocycles. The Balaban J connectivity index is 0.00000420. The molecular formula is C20H23ClN3O5-. The zero-order valence-corrected chi connectivity index (χ0v) is 16.6. The summed E-state index contributed by atoms with van der Waals surface area (Å²) in [5, 5.41) is 31.1. The van der Waals surface area contributed by atoms with Crippen LogP contribution in [0.2, 0.25) is 0 Å². The summed E-state index contributed by atoms with van der Waals surface area (Å²) in [4.78, 5) is 23.9. The number of aliphatic hydroxyl groups is 1. The number of halogens is 1. The van der Waals surface area contributed by atoms with Crippen molar-refractivity contribution in [2.24, 2.45) is 5.73 Å². The van der Waals surface area contributed by atoms with E-state index in [1.807, 2.05) is 0 Å². The van der Waals surface area contributed by atoms with Gasteiger partial charge in [-0.3, -0.25) is 10.2 Å². The first-order chi connectivity index (χ1) is 13.4. The van der Waals surface area contributed by atoms with Crippen LogP contribution in [0, 0.1) is 5.41 Å². The minimum atomic E-state index is -1.41. The standard InChI is InChI=1S/C20H23N3O5.ClH/c1-2-16(25)13-5-8-17(28-10-9-24)15(11-13)18(20(26)27)23-14-6-3-12(4-7-14)19(21)22;/h3-8,11,18,23-24H,2,9-10H2,1H3,(H3,21,22)(H,26,27);1H/p-1. The molecule has 0 fully saturated rings. The predicted octanol–water partition coefficient (Wildman–Crippen LogP) is 1.26. The number of nitrogen functional groups attached to an aromatic ring is 1. The van der Waals surface area contributed by atoms with Crippen molar-refractivity contribution in [3.05, 3.63) is 59.2 Å². The lowest BCUT2D eigenvalue weighted by Gasteiger charge is -2.24. The first-order valence-electron chi connectivity index (χ1n) is 8.70. The fourth-order valence-electron chi connectivity index (χ4n) is 2.61. The van der Waals surface area contributed by atoms with Crippen LogP contribution in [-0.2, 0) is 4.79 Å². The van der Waals surface area contributed by atoms with Crippen molar-refractivity contribution in [1.29, 1.82) is 5.41 Å². The number of nitrogens with two attached hydrogens (primary N) is 1. The number of hydrogen-bond acceptors (Lipinski definition) is 7. The van der Waals surface area contributed by atoms with Crippen LogP contribution < -0.4 is 20.9 Å². The summed E-state index contributed by atoms with van der Waals surface area (Å²) in [5.74, 6) is -1.43. The van der Waals surface area contributed by atoms with E-state index in [-0.39, 0.29) is 55.0 Å². The third-order valence-corrected chi connectivity index (χ3v) is 4.06. The zero-order chi connectivity index (χ0) is 20.7. The molecule has 0 aliphatic rings. The normalized spacial score (nSPS) is 11.1. The lowest BCUT2D eigenvalue weighted by atomic mass is 9.99. The number of carboxylic acid groups (broad SMARTS) is 1. The molecule has 0 amide bonds. The minimum absolute atomic E-state index is 0. The second kappa shape index (κ2) is 11.0. The van der Waals surface area contributed by atoms with Crippen LogP contribution in [0.1, 0.15) is 40.9 Å². The third-order valence-electron chi connectivity index (χ3n) is 4.06. The average molecular weight is 421 g/mol. The van der Waals surface area contributed by atoms with E-state index in [2.05, 4.69) is 5.32 Å². The van der Waals surface area contributed by atoms with Crippen molar-refractivity contribution >= 4 is 35.7 Å². The van der Waals surface area contributed by atoms with E-state index in [0.717, 1.165) is 0 Å². The molecule has 0 aromatic heterocycles. The summed E-state index contributed by atoms with van der Waals surface area (Å²) in [6.07, 6.45) is 0.270. The van der Waals surface area contributed by atoms with Gasteiger partial charge in [0.05, 0.1) is 18.6 Å². The molecule has 0 aliphatic carbocycles. The van der Waals surface area contributed by atoms with Crippen molar-refractivity contribution < 1.29 is 24.5 Å². The van der Waals surface area contributed by atoms with E-state index in [4.69, 9.17) is 21.0 Å². The fourth-order valence-corrected chi connectivity index (χ4v) is 2.61. The van der Waals surface area contributed by atoms with Crippen molar-refractivity contribution in [3.63, 3.8) is 0 Å². The average Bonchev–Trinajstić information content (AvgIpc) is 2.70. The molecule has 8 nitrogen and oxygen atoms in total. The van der Waals surface area contributed by atoms with Crippen LogP contribution in [-0.4, -0.2) is 35.9 Å². The van der Waals surface area contributed by atoms with E-state index >= 15 is 0 Å². The molecule has 0 radical (unpaired) electrons. The lowest BCUT2D eigenvalue weighted by molar-refractivity contribution is -0.307. The molecule has 0 spiro atoms. The number of nitrogens with one attached hydrogen (secondary N) is 2. The molecular weight excluding hydrogens is 398 g/mol. The summed E-state index contributed by atoms with van der Waals surface area (Å²) in [6, 6.07) is 9.54. The second-order valence-electron chi connectivity index (χ2n) is 5.99. The van der Waals surface area contributed by atoms with Gasteiger partial charge < -0.3 is 30.8 Å². The van der Waals surface area contributed by atoms with Crippen molar-refractivity contribution in [1.82, 2.24) is 0 Å². The number of ether oxygens (including phenoxy) is 1. The maximum atomic E-state index is 12.0. The van der Waals surface area contributed by atoms with Crippen LogP contribution in [0.4, 0.5) is 5.69 Å². The number of anilines is 1. The summed E-state index contributed by atoms with van der Waals surface area (Å²) >= 11 is 0. The number of amidine groups is 1. The molecule has 1 atom stereocenters. The second-order valence-corrected chi connectivity index (χ2v) is 5.99. The van der Waals surface area contributed by atoms with Gasteiger partial charge in [-0.25, -0.2) is 0 Å². The molecule has 5 N–H and O–H groups in total. The van der Waals surface area contributed by atoms with E-state index in [1.165, 1.54) is 12.1 Å². The maximum Gasteiger partial charge on any atom is 0.162 e. The summed E-state index contributed by atoms with van der Waals surface area (Å²) in [5.41, 5.74) is 6.94. The Hall–Kier alpha value is -3.10. The summed E-state index contributed by atoms with van der Waals surface area (Å²) in [7, 11) is 0. The zero-order valence-electron chi connectivity index (χ0n) is 15.8. The smallest absolute Gasteiger partial charge is 0.162 e. The molecule has 0 heterocycles. The van der Waals surface area contributed by atoms with Gasteiger partial charge >= 0.3 is 0 Å². The van der Waals surface area contributed by atoms with Gasteiger partial charge in [0.15, 0.2) is 5.78 Å². The minimum Gasteiger partial charge on any atom is -0.548 e. The Labute approximate surface area is 174 Å². The number of carboxylic acids is 1. The van der Waals surface area contributed by atoms with Gasteiger partial charge in [0, 0.05) is 28.8 Å². The SMILES string of the molecule is CCC(=O)c1ccc(OCCO)c(C(Nc2ccc(C(=N)N)cc2)C(=O)[O-])c1.Cl. The molecule has 0 aliphatic heterocycles. The van der Waals surface area contributed by atoms with Crippen LogP contribution in [0.25, 0.3) is 0 Å². The first-order valence-corrected chi connectivity index (χ1v) is 8.70. The molecule has 29 heavy (non-hydrogen) atoms. The van der Waals surface area contributed by atoms with Gasteiger partial charge in [-0.15, -0.1) is 12.4 Å². The number of aliphatic carboxylic acids is 1. The summed E-state index contributed by atoms with van der Waals surface area (Å²) < 4.78 is 5.44. The van der Waals surface area contributed by atoms with E-state index in [9.17, 15) is 14.7 Å². The maximum absolute atomic E-state index is 12.0. The number of rotatable bonds is 10. The number of carbonyl (C=O) groups is 2. The van der Waals surface area contributed by atoms with E-state index in [1.54, 1.807) is 37.3 Å². The Morgan fingerprint density at radius 3 is 2.34 bits per heavy atom. The molecule has 0 saturated heterocycles. The van der Waals surface area contributed by atoms with Crippen molar-refractivity contribution in [3.8, 4) is 5.75 Å². The topological polar surface area (TPSA) is 149 Å².